The molecule has 0 aliphatic rings. The average molecular weight is 620 g/mol. The van der Waals surface area contributed by atoms with Gasteiger partial charge in [0, 0.05) is 32.8 Å². The predicted molar refractivity (Wildman–Crippen MR) is 195 cm³/mol. The molecule has 48 heavy (non-hydrogen) atoms. The second-order valence-electron chi connectivity index (χ2n) is 12.0. The maximum Gasteiger partial charge on any atom is 0.337 e. The van der Waals surface area contributed by atoms with Gasteiger partial charge < -0.3 is 9.30 Å². The number of aromatic nitrogens is 3. The third-order valence-corrected chi connectivity index (χ3v) is 9.26. The third kappa shape index (κ3) is 4.40. The van der Waals surface area contributed by atoms with Crippen LogP contribution in [0.1, 0.15) is 10.4 Å². The first-order valence-electron chi connectivity index (χ1n) is 16.0. The van der Waals surface area contributed by atoms with E-state index in [9.17, 15) is 4.79 Å². The van der Waals surface area contributed by atoms with Gasteiger partial charge in [0.05, 0.1) is 40.4 Å². The molecule has 0 saturated heterocycles. The van der Waals surface area contributed by atoms with Crippen LogP contribution < -0.4 is 0 Å². The van der Waals surface area contributed by atoms with Crippen LogP contribution in [0.4, 0.5) is 0 Å². The first-order valence-corrected chi connectivity index (χ1v) is 16.0. The minimum atomic E-state index is -0.356. The number of carbonyl (C=O) groups excluding carboxylic acids is 1. The van der Waals surface area contributed by atoms with Gasteiger partial charge in [-0.2, -0.15) is 0 Å². The van der Waals surface area contributed by atoms with E-state index in [1.54, 1.807) is 12.1 Å². The monoisotopic (exact) mass is 619 g/mol. The number of ether oxygens (including phenoxy) is 1. The van der Waals surface area contributed by atoms with Gasteiger partial charge in [0.25, 0.3) is 0 Å². The van der Waals surface area contributed by atoms with Crippen LogP contribution >= 0.6 is 0 Å². The van der Waals surface area contributed by atoms with Crippen LogP contribution in [0, 0.1) is 0 Å². The van der Waals surface area contributed by atoms with E-state index in [1.165, 1.54) is 39.7 Å². The molecule has 3 heterocycles. The molecule has 9 rings (SSSR count). The van der Waals surface area contributed by atoms with Crippen molar-refractivity contribution in [3.05, 3.63) is 163 Å². The zero-order valence-corrected chi connectivity index (χ0v) is 26.2. The zero-order valence-electron chi connectivity index (χ0n) is 26.2. The Bertz CT molecular complexity index is 2670. The highest BCUT2D eigenvalue weighted by Gasteiger charge is 2.17. The molecule has 0 bridgehead atoms. The number of para-hydroxylation sites is 3. The molecule has 0 spiro atoms. The Morgan fingerprint density at radius 2 is 1.10 bits per heavy atom. The Morgan fingerprint density at radius 1 is 0.500 bits per heavy atom. The third-order valence-electron chi connectivity index (χ3n) is 9.26. The number of fused-ring (bicyclic) bond motifs is 6. The van der Waals surface area contributed by atoms with E-state index < -0.39 is 0 Å². The molecule has 3 aromatic heterocycles. The molecule has 0 radical (unpaired) electrons. The van der Waals surface area contributed by atoms with Crippen molar-refractivity contribution < 1.29 is 9.53 Å². The molecule has 9 aromatic rings. The number of nitrogens with zero attached hydrogens (tertiary/aromatic N) is 3. The summed E-state index contributed by atoms with van der Waals surface area (Å²) in [4.78, 5) is 17.1. The van der Waals surface area contributed by atoms with Gasteiger partial charge in [-0.05, 0) is 77.9 Å². The molecule has 0 aliphatic carbocycles. The smallest absolute Gasteiger partial charge is 0.337 e. The predicted octanol–water partition coefficient (Wildman–Crippen LogP) is 10.4. The van der Waals surface area contributed by atoms with Crippen LogP contribution in [-0.4, -0.2) is 27.2 Å². The van der Waals surface area contributed by atoms with E-state index in [2.05, 4.69) is 130 Å². The molecule has 0 fully saturated rings. The van der Waals surface area contributed by atoms with Gasteiger partial charge in [-0.15, -0.1) is 0 Å². The van der Waals surface area contributed by atoms with Crippen LogP contribution in [-0.2, 0) is 4.74 Å². The minimum Gasteiger partial charge on any atom is -0.465 e. The van der Waals surface area contributed by atoms with E-state index in [4.69, 9.17) is 9.72 Å². The maximum absolute atomic E-state index is 12.0. The van der Waals surface area contributed by atoms with Crippen molar-refractivity contribution in [1.29, 1.82) is 0 Å². The lowest BCUT2D eigenvalue weighted by atomic mass is 10.0. The van der Waals surface area contributed by atoms with Crippen LogP contribution in [0.5, 0.6) is 0 Å². The van der Waals surface area contributed by atoms with Gasteiger partial charge in [0.15, 0.2) is 0 Å². The van der Waals surface area contributed by atoms with Gasteiger partial charge in [-0.25, -0.2) is 9.78 Å². The fourth-order valence-corrected chi connectivity index (χ4v) is 7.01. The number of benzene rings is 6. The summed E-state index contributed by atoms with van der Waals surface area (Å²) in [5.74, 6) is 0.472. The highest BCUT2D eigenvalue weighted by atomic mass is 16.5. The molecule has 5 nitrogen and oxygen atoms in total. The summed E-state index contributed by atoms with van der Waals surface area (Å²) in [5, 5.41) is 4.80. The molecular weight excluding hydrogens is 590 g/mol. The molecule has 0 N–H and O–H groups in total. The summed E-state index contributed by atoms with van der Waals surface area (Å²) in [6, 6.07) is 54.6. The molecule has 0 aliphatic heterocycles. The molecular formula is C43H29N3O2. The molecule has 0 saturated carbocycles. The van der Waals surface area contributed by atoms with Crippen LogP contribution in [0.3, 0.4) is 0 Å². The number of carbonyl (C=O) groups is 1. The van der Waals surface area contributed by atoms with E-state index >= 15 is 0 Å². The Balaban J connectivity index is 1.21. The van der Waals surface area contributed by atoms with Crippen molar-refractivity contribution >= 4 is 49.6 Å². The van der Waals surface area contributed by atoms with Crippen molar-refractivity contribution in [2.45, 2.75) is 0 Å². The molecule has 6 aromatic carbocycles. The Labute approximate surface area is 276 Å². The first kappa shape index (κ1) is 27.8. The van der Waals surface area contributed by atoms with Crippen molar-refractivity contribution in [2.75, 3.05) is 7.11 Å². The first-order chi connectivity index (χ1) is 23.7. The summed E-state index contributed by atoms with van der Waals surface area (Å²) in [7, 11) is 1.39. The van der Waals surface area contributed by atoms with Crippen molar-refractivity contribution in [3.63, 3.8) is 0 Å². The number of methoxy groups -OCH3 is 1. The van der Waals surface area contributed by atoms with E-state index in [-0.39, 0.29) is 5.97 Å². The van der Waals surface area contributed by atoms with Gasteiger partial charge in [-0.3, -0.25) is 4.57 Å². The molecule has 0 atom stereocenters. The number of hydrogen-bond donors (Lipinski definition) is 0. The lowest BCUT2D eigenvalue weighted by Crippen LogP contribution is -2.01. The highest BCUT2D eigenvalue weighted by Crippen LogP contribution is 2.38. The Morgan fingerprint density at radius 3 is 1.88 bits per heavy atom. The lowest BCUT2D eigenvalue weighted by Gasteiger charge is -2.11. The van der Waals surface area contributed by atoms with Crippen LogP contribution in [0.25, 0.3) is 77.5 Å². The summed E-state index contributed by atoms with van der Waals surface area (Å²) in [6.07, 6.45) is 0. The maximum atomic E-state index is 12.0. The topological polar surface area (TPSA) is 49.0 Å². The minimum absolute atomic E-state index is 0.356. The fraction of sp³-hybridized carbons (Fsp3) is 0.0233. The van der Waals surface area contributed by atoms with E-state index in [1.807, 2.05) is 24.3 Å². The van der Waals surface area contributed by atoms with Crippen LogP contribution in [0.2, 0.25) is 0 Å². The summed E-state index contributed by atoms with van der Waals surface area (Å²) in [5.41, 5.74) is 10.3. The molecule has 5 heteroatoms. The molecule has 0 amide bonds. The Kier molecular flexibility index (Phi) is 6.44. The van der Waals surface area contributed by atoms with Gasteiger partial charge in [0.2, 0.25) is 0 Å². The van der Waals surface area contributed by atoms with Crippen molar-refractivity contribution in [1.82, 2.24) is 14.1 Å². The summed E-state index contributed by atoms with van der Waals surface area (Å²) in [6.45, 7) is 0. The standard InChI is InChI=1S/C43H29N3O2/c1-48-43(47)29-20-18-28(19-21-29)37-14-9-17-42(44-37)46-39-16-8-5-12-33(39)35-24-22-31(27-41(35)46)30-23-25-40-36(26-30)34-13-6-7-15-38(34)45(40)32-10-3-2-4-11-32/h2-27H,1H3. The molecule has 0 unspecified atom stereocenters. The Hall–Kier alpha value is -6.46. The fourth-order valence-electron chi connectivity index (χ4n) is 7.01. The summed E-state index contributed by atoms with van der Waals surface area (Å²) >= 11 is 0. The number of pyridine rings is 1. The second kappa shape index (κ2) is 11.1. The van der Waals surface area contributed by atoms with Crippen molar-refractivity contribution in [3.8, 4) is 33.9 Å². The number of hydrogen-bond acceptors (Lipinski definition) is 3. The zero-order chi connectivity index (χ0) is 32.2. The lowest BCUT2D eigenvalue weighted by molar-refractivity contribution is 0.0600. The van der Waals surface area contributed by atoms with Gasteiger partial charge in [-0.1, -0.05) is 91.0 Å². The second-order valence-corrected chi connectivity index (χ2v) is 12.0. The quantitative estimate of drug-likeness (QED) is 0.180. The van der Waals surface area contributed by atoms with Gasteiger partial charge >= 0.3 is 5.97 Å². The largest absolute Gasteiger partial charge is 0.465 e. The normalized spacial score (nSPS) is 11.5. The van der Waals surface area contributed by atoms with E-state index in [0.717, 1.165) is 44.9 Å². The number of esters is 1. The summed E-state index contributed by atoms with van der Waals surface area (Å²) < 4.78 is 9.47. The average Bonchev–Trinajstić information content (AvgIpc) is 3.67. The van der Waals surface area contributed by atoms with E-state index in [0.29, 0.717) is 5.56 Å². The SMILES string of the molecule is COC(=O)c1ccc(-c2cccc(-n3c4ccccc4c4ccc(-c5ccc6c(c5)c5ccccc5n6-c5ccccc5)cc43)n2)cc1. The van der Waals surface area contributed by atoms with Crippen LogP contribution in [0.15, 0.2) is 158 Å². The number of rotatable bonds is 5. The van der Waals surface area contributed by atoms with Gasteiger partial charge in [0.1, 0.15) is 5.82 Å². The molecule has 228 valence electrons. The highest BCUT2D eigenvalue weighted by molar-refractivity contribution is 6.12. The van der Waals surface area contributed by atoms with Crippen molar-refractivity contribution in [2.24, 2.45) is 0 Å².